The third-order valence-corrected chi connectivity index (χ3v) is 3.55. The van der Waals surface area contributed by atoms with E-state index in [1.807, 2.05) is 18.5 Å². The van der Waals surface area contributed by atoms with Gasteiger partial charge in [0, 0.05) is 18.9 Å². The molecular weight excluding hydrogens is 240 g/mol. The van der Waals surface area contributed by atoms with Gasteiger partial charge in [-0.1, -0.05) is 6.92 Å². The van der Waals surface area contributed by atoms with Gasteiger partial charge in [-0.2, -0.15) is 0 Å². The fraction of sp³-hybridized carbons (Fsp3) is 0.545. The maximum absolute atomic E-state index is 4.03. The van der Waals surface area contributed by atoms with Gasteiger partial charge in [0.05, 0.1) is 10.2 Å². The van der Waals surface area contributed by atoms with Crippen LogP contribution in [0.3, 0.4) is 0 Å². The molecule has 0 radical (unpaired) electrons. The lowest BCUT2D eigenvalue weighted by Crippen LogP contribution is -2.07. The van der Waals surface area contributed by atoms with Crippen molar-refractivity contribution in [2.45, 2.75) is 26.2 Å². The van der Waals surface area contributed by atoms with E-state index in [0.717, 1.165) is 16.7 Å². The summed E-state index contributed by atoms with van der Waals surface area (Å²) in [5, 5.41) is 3.42. The number of hydrogen-bond donors (Lipinski definition) is 1. The summed E-state index contributed by atoms with van der Waals surface area (Å²) in [4.78, 5) is 4.03. The first-order chi connectivity index (χ1) is 6.70. The number of halogens is 1. The first kappa shape index (κ1) is 9.97. The van der Waals surface area contributed by atoms with E-state index in [0.29, 0.717) is 5.41 Å². The van der Waals surface area contributed by atoms with Crippen LogP contribution in [-0.4, -0.2) is 11.5 Å². The van der Waals surface area contributed by atoms with E-state index < -0.39 is 0 Å². The molecule has 76 valence electrons. The highest BCUT2D eigenvalue weighted by Crippen LogP contribution is 2.47. The second-order valence-corrected chi connectivity index (χ2v) is 5.20. The monoisotopic (exact) mass is 254 g/mol. The zero-order valence-corrected chi connectivity index (χ0v) is 9.97. The highest BCUT2D eigenvalue weighted by Gasteiger charge is 2.36. The van der Waals surface area contributed by atoms with Gasteiger partial charge in [-0.05, 0) is 46.7 Å². The predicted octanol–water partition coefficient (Wildman–Crippen LogP) is 3.45. The number of nitrogens with one attached hydrogen (secondary N) is 1. The van der Waals surface area contributed by atoms with Gasteiger partial charge in [-0.25, -0.2) is 0 Å². The minimum Gasteiger partial charge on any atom is -0.384 e. The SMILES string of the molecule is CC1(CCNc2ccncc2Br)CC1. The number of anilines is 1. The Kier molecular flexibility index (Phi) is 2.77. The van der Waals surface area contributed by atoms with Crippen molar-refractivity contribution < 1.29 is 0 Å². The molecule has 1 N–H and O–H groups in total. The Morgan fingerprint density at radius 1 is 1.57 bits per heavy atom. The molecule has 0 amide bonds. The van der Waals surface area contributed by atoms with Gasteiger partial charge in [0.1, 0.15) is 0 Å². The van der Waals surface area contributed by atoms with Crippen molar-refractivity contribution in [2.75, 3.05) is 11.9 Å². The first-order valence-corrected chi connectivity index (χ1v) is 5.82. The fourth-order valence-corrected chi connectivity index (χ4v) is 1.87. The molecule has 0 aromatic carbocycles. The van der Waals surface area contributed by atoms with E-state index in [4.69, 9.17) is 0 Å². The predicted molar refractivity (Wildman–Crippen MR) is 62.4 cm³/mol. The Balaban J connectivity index is 1.83. The van der Waals surface area contributed by atoms with E-state index in [1.54, 1.807) is 0 Å². The molecule has 2 nitrogen and oxygen atoms in total. The van der Waals surface area contributed by atoms with Crippen molar-refractivity contribution in [2.24, 2.45) is 5.41 Å². The second-order valence-electron chi connectivity index (χ2n) is 4.34. The molecular formula is C11H15BrN2. The zero-order valence-electron chi connectivity index (χ0n) is 8.39. The molecule has 1 fully saturated rings. The molecule has 1 aliphatic carbocycles. The molecule has 0 bridgehead atoms. The quantitative estimate of drug-likeness (QED) is 0.891. The van der Waals surface area contributed by atoms with Gasteiger partial charge < -0.3 is 5.32 Å². The summed E-state index contributed by atoms with van der Waals surface area (Å²) in [5.41, 5.74) is 1.77. The van der Waals surface area contributed by atoms with E-state index in [1.165, 1.54) is 19.3 Å². The lowest BCUT2D eigenvalue weighted by molar-refractivity contribution is 0.536. The summed E-state index contributed by atoms with van der Waals surface area (Å²) >= 11 is 3.47. The third-order valence-electron chi connectivity index (χ3n) is 2.92. The van der Waals surface area contributed by atoms with Crippen molar-refractivity contribution in [3.63, 3.8) is 0 Å². The van der Waals surface area contributed by atoms with Crippen LogP contribution in [-0.2, 0) is 0 Å². The normalized spacial score (nSPS) is 17.9. The number of nitrogens with zero attached hydrogens (tertiary/aromatic N) is 1. The molecule has 2 rings (SSSR count). The van der Waals surface area contributed by atoms with Crippen molar-refractivity contribution in [3.8, 4) is 0 Å². The number of aromatic nitrogens is 1. The summed E-state index contributed by atoms with van der Waals surface area (Å²) in [6.45, 7) is 3.41. The summed E-state index contributed by atoms with van der Waals surface area (Å²) in [7, 11) is 0. The second kappa shape index (κ2) is 3.89. The minimum absolute atomic E-state index is 0.631. The average Bonchev–Trinajstić information content (AvgIpc) is 2.88. The van der Waals surface area contributed by atoms with Crippen molar-refractivity contribution in [3.05, 3.63) is 22.9 Å². The molecule has 0 unspecified atom stereocenters. The lowest BCUT2D eigenvalue weighted by Gasteiger charge is -2.11. The van der Waals surface area contributed by atoms with Gasteiger partial charge in [0.2, 0.25) is 0 Å². The molecule has 1 aromatic rings. The number of pyridine rings is 1. The maximum Gasteiger partial charge on any atom is 0.0590 e. The summed E-state index contributed by atoms with van der Waals surface area (Å²) in [5.74, 6) is 0. The Bertz CT molecular complexity index is 321. The number of hydrogen-bond acceptors (Lipinski definition) is 2. The van der Waals surface area contributed by atoms with E-state index in [2.05, 4.69) is 33.2 Å². The van der Waals surface area contributed by atoms with E-state index in [9.17, 15) is 0 Å². The lowest BCUT2D eigenvalue weighted by atomic mass is 10.1. The highest BCUT2D eigenvalue weighted by molar-refractivity contribution is 9.10. The highest BCUT2D eigenvalue weighted by atomic mass is 79.9. The van der Waals surface area contributed by atoms with Crippen LogP contribution in [0.15, 0.2) is 22.9 Å². The van der Waals surface area contributed by atoms with E-state index in [-0.39, 0.29) is 0 Å². The van der Waals surface area contributed by atoms with Crippen LogP contribution in [0.5, 0.6) is 0 Å². The molecule has 0 atom stereocenters. The van der Waals surface area contributed by atoms with Gasteiger partial charge in [-0.15, -0.1) is 0 Å². The number of rotatable bonds is 4. The van der Waals surface area contributed by atoms with Crippen LogP contribution in [0.2, 0.25) is 0 Å². The van der Waals surface area contributed by atoms with Crippen molar-refractivity contribution in [1.82, 2.24) is 4.98 Å². The summed E-state index contributed by atoms with van der Waals surface area (Å²) in [6.07, 6.45) is 7.69. The van der Waals surface area contributed by atoms with Gasteiger partial charge >= 0.3 is 0 Å². The molecule has 1 saturated carbocycles. The third kappa shape index (κ3) is 2.47. The Hall–Kier alpha value is -0.570. The van der Waals surface area contributed by atoms with Crippen molar-refractivity contribution in [1.29, 1.82) is 0 Å². The molecule has 1 heterocycles. The molecule has 0 saturated heterocycles. The Morgan fingerprint density at radius 2 is 2.36 bits per heavy atom. The average molecular weight is 255 g/mol. The molecule has 14 heavy (non-hydrogen) atoms. The van der Waals surface area contributed by atoms with Crippen LogP contribution in [0.25, 0.3) is 0 Å². The fourth-order valence-electron chi connectivity index (χ4n) is 1.48. The van der Waals surface area contributed by atoms with Crippen LogP contribution < -0.4 is 5.32 Å². The molecule has 0 aliphatic heterocycles. The Morgan fingerprint density at radius 3 is 3.00 bits per heavy atom. The first-order valence-electron chi connectivity index (χ1n) is 5.03. The smallest absolute Gasteiger partial charge is 0.0590 e. The molecule has 0 spiro atoms. The topological polar surface area (TPSA) is 24.9 Å². The van der Waals surface area contributed by atoms with Crippen LogP contribution in [0, 0.1) is 5.41 Å². The summed E-state index contributed by atoms with van der Waals surface area (Å²) < 4.78 is 1.04. The molecule has 3 heteroatoms. The standard InChI is InChI=1S/C11H15BrN2/c1-11(3-4-11)5-7-14-10-2-6-13-8-9(10)12/h2,6,8H,3-5,7H2,1H3,(H,13,14). The largest absolute Gasteiger partial charge is 0.384 e. The maximum atomic E-state index is 4.03. The van der Waals surface area contributed by atoms with Crippen LogP contribution >= 0.6 is 15.9 Å². The minimum atomic E-state index is 0.631. The summed E-state index contributed by atoms with van der Waals surface area (Å²) in [6, 6.07) is 2.00. The van der Waals surface area contributed by atoms with Crippen molar-refractivity contribution >= 4 is 21.6 Å². The van der Waals surface area contributed by atoms with E-state index >= 15 is 0 Å². The van der Waals surface area contributed by atoms with Gasteiger partial charge in [-0.3, -0.25) is 4.98 Å². The zero-order chi connectivity index (χ0) is 10.0. The molecule has 1 aromatic heterocycles. The van der Waals surface area contributed by atoms with Crippen LogP contribution in [0.4, 0.5) is 5.69 Å². The van der Waals surface area contributed by atoms with Gasteiger partial charge in [0.15, 0.2) is 0 Å². The Labute approximate surface area is 93.3 Å². The van der Waals surface area contributed by atoms with Gasteiger partial charge in [0.25, 0.3) is 0 Å². The molecule has 1 aliphatic rings. The van der Waals surface area contributed by atoms with Crippen LogP contribution in [0.1, 0.15) is 26.2 Å².